The van der Waals surface area contributed by atoms with Crippen molar-refractivity contribution in [1.29, 1.82) is 0 Å². The smallest absolute Gasteiger partial charge is 0.0969 e. The van der Waals surface area contributed by atoms with Gasteiger partial charge in [-0.15, -0.1) is 0 Å². The molecular weight excluding hydrogens is 200 g/mol. The molecular formula is C14H28O2. The molecule has 0 radical (unpaired) electrons. The fraction of sp³-hybridized carbons (Fsp3) is 0.857. The van der Waals surface area contributed by atoms with E-state index in [0.717, 1.165) is 18.6 Å². The molecule has 0 aromatic carbocycles. The summed E-state index contributed by atoms with van der Waals surface area (Å²) in [5.74, 6) is 1.94. The first-order chi connectivity index (χ1) is 7.45. The summed E-state index contributed by atoms with van der Waals surface area (Å²) in [4.78, 5) is 0. The van der Waals surface area contributed by atoms with Gasteiger partial charge in [0.25, 0.3) is 0 Å². The Hall–Kier alpha value is -0.500. The Labute approximate surface area is 101 Å². The predicted molar refractivity (Wildman–Crippen MR) is 69.4 cm³/mol. The van der Waals surface area contributed by atoms with Crippen molar-refractivity contribution in [3.05, 3.63) is 11.8 Å². The molecule has 0 saturated carbocycles. The predicted octanol–water partition coefficient (Wildman–Crippen LogP) is 4.01. The first kappa shape index (κ1) is 15.5. The van der Waals surface area contributed by atoms with Gasteiger partial charge in [0.15, 0.2) is 0 Å². The van der Waals surface area contributed by atoms with Crippen LogP contribution in [0.4, 0.5) is 0 Å². The van der Waals surface area contributed by atoms with Gasteiger partial charge < -0.3 is 9.47 Å². The van der Waals surface area contributed by atoms with Crippen LogP contribution in [0.5, 0.6) is 0 Å². The van der Waals surface area contributed by atoms with E-state index in [-0.39, 0.29) is 5.60 Å². The minimum absolute atomic E-state index is 0.223. The van der Waals surface area contributed by atoms with Crippen LogP contribution < -0.4 is 0 Å². The maximum Gasteiger partial charge on any atom is 0.0969 e. The summed E-state index contributed by atoms with van der Waals surface area (Å²) in [7, 11) is 3.51. The molecule has 0 spiro atoms. The van der Waals surface area contributed by atoms with Gasteiger partial charge >= 0.3 is 0 Å². The molecule has 2 nitrogen and oxygen atoms in total. The standard InChI is InChI=1S/C14H28O2/c1-8-12(9-2)14(5,16-7)10-13(15-6)11(3)4/h10-12H,8-9H2,1-7H3/b13-10-. The van der Waals surface area contributed by atoms with Gasteiger partial charge in [0, 0.05) is 13.0 Å². The molecule has 96 valence electrons. The zero-order chi connectivity index (χ0) is 12.8. The molecule has 2 heteroatoms. The highest BCUT2D eigenvalue weighted by atomic mass is 16.5. The second-order valence-electron chi connectivity index (χ2n) is 4.81. The van der Waals surface area contributed by atoms with E-state index in [0.29, 0.717) is 11.8 Å². The second kappa shape index (κ2) is 6.95. The van der Waals surface area contributed by atoms with E-state index in [1.165, 1.54) is 0 Å². The van der Waals surface area contributed by atoms with Gasteiger partial charge in [-0.25, -0.2) is 0 Å². The monoisotopic (exact) mass is 228 g/mol. The van der Waals surface area contributed by atoms with Crippen molar-refractivity contribution >= 4 is 0 Å². The summed E-state index contributed by atoms with van der Waals surface area (Å²) < 4.78 is 11.1. The minimum atomic E-state index is -0.223. The lowest BCUT2D eigenvalue weighted by Crippen LogP contribution is -2.35. The van der Waals surface area contributed by atoms with E-state index >= 15 is 0 Å². The topological polar surface area (TPSA) is 18.5 Å². The zero-order valence-electron chi connectivity index (χ0n) is 12.0. The van der Waals surface area contributed by atoms with Gasteiger partial charge in [-0.2, -0.15) is 0 Å². The number of rotatable bonds is 7. The molecule has 0 aromatic rings. The summed E-state index contributed by atoms with van der Waals surface area (Å²) in [5.41, 5.74) is -0.223. The van der Waals surface area contributed by atoms with Crippen LogP contribution in [0.1, 0.15) is 47.5 Å². The molecule has 0 aliphatic rings. The Morgan fingerprint density at radius 1 is 1.19 bits per heavy atom. The first-order valence-corrected chi connectivity index (χ1v) is 6.26. The van der Waals surface area contributed by atoms with Gasteiger partial charge in [-0.05, 0) is 18.9 Å². The van der Waals surface area contributed by atoms with Crippen LogP contribution in [0.2, 0.25) is 0 Å². The highest BCUT2D eigenvalue weighted by Crippen LogP contribution is 2.31. The third kappa shape index (κ3) is 3.82. The summed E-state index contributed by atoms with van der Waals surface area (Å²) in [6, 6.07) is 0. The van der Waals surface area contributed by atoms with Crippen molar-refractivity contribution in [1.82, 2.24) is 0 Å². The van der Waals surface area contributed by atoms with Crippen molar-refractivity contribution in [3.8, 4) is 0 Å². The van der Waals surface area contributed by atoms with Crippen LogP contribution in [0.15, 0.2) is 11.8 Å². The van der Waals surface area contributed by atoms with Gasteiger partial charge in [0.05, 0.1) is 18.5 Å². The zero-order valence-corrected chi connectivity index (χ0v) is 12.0. The summed E-state index contributed by atoms with van der Waals surface area (Å²) >= 11 is 0. The van der Waals surface area contributed by atoms with E-state index in [1.807, 2.05) is 0 Å². The Morgan fingerprint density at radius 3 is 1.94 bits per heavy atom. The Kier molecular flexibility index (Phi) is 6.73. The lowest BCUT2D eigenvalue weighted by molar-refractivity contribution is -0.00918. The van der Waals surface area contributed by atoms with E-state index in [1.54, 1.807) is 14.2 Å². The summed E-state index contributed by atoms with van der Waals surface area (Å²) in [6.07, 6.45) is 4.38. The van der Waals surface area contributed by atoms with Crippen molar-refractivity contribution in [2.24, 2.45) is 11.8 Å². The van der Waals surface area contributed by atoms with Crippen LogP contribution in [-0.2, 0) is 9.47 Å². The molecule has 0 bridgehead atoms. The summed E-state index contributed by atoms with van der Waals surface area (Å²) in [6.45, 7) is 10.8. The number of methoxy groups -OCH3 is 2. The quantitative estimate of drug-likeness (QED) is 0.613. The van der Waals surface area contributed by atoms with E-state index < -0.39 is 0 Å². The van der Waals surface area contributed by atoms with E-state index in [9.17, 15) is 0 Å². The molecule has 0 aromatic heterocycles. The molecule has 0 aliphatic carbocycles. The molecule has 0 amide bonds. The van der Waals surface area contributed by atoms with E-state index in [2.05, 4.69) is 40.7 Å². The van der Waals surface area contributed by atoms with Gasteiger partial charge in [0.2, 0.25) is 0 Å². The van der Waals surface area contributed by atoms with Crippen molar-refractivity contribution in [2.45, 2.75) is 53.1 Å². The summed E-state index contributed by atoms with van der Waals surface area (Å²) in [5, 5.41) is 0. The van der Waals surface area contributed by atoms with Crippen molar-refractivity contribution < 1.29 is 9.47 Å². The molecule has 0 heterocycles. The highest BCUT2D eigenvalue weighted by Gasteiger charge is 2.30. The van der Waals surface area contributed by atoms with Crippen molar-refractivity contribution in [2.75, 3.05) is 14.2 Å². The molecule has 1 atom stereocenters. The van der Waals surface area contributed by atoms with Crippen molar-refractivity contribution in [3.63, 3.8) is 0 Å². The second-order valence-corrected chi connectivity index (χ2v) is 4.81. The third-order valence-electron chi connectivity index (χ3n) is 3.47. The molecule has 1 unspecified atom stereocenters. The lowest BCUT2D eigenvalue weighted by Gasteiger charge is -2.34. The Bertz CT molecular complexity index is 217. The fourth-order valence-corrected chi connectivity index (χ4v) is 2.19. The van der Waals surface area contributed by atoms with Gasteiger partial charge in [-0.3, -0.25) is 0 Å². The lowest BCUT2D eigenvalue weighted by atomic mass is 9.83. The molecule has 16 heavy (non-hydrogen) atoms. The maximum absolute atomic E-state index is 5.71. The Balaban J connectivity index is 5.07. The fourth-order valence-electron chi connectivity index (χ4n) is 2.19. The van der Waals surface area contributed by atoms with Crippen LogP contribution >= 0.6 is 0 Å². The average molecular weight is 228 g/mol. The first-order valence-electron chi connectivity index (χ1n) is 6.26. The maximum atomic E-state index is 5.71. The average Bonchev–Trinajstić information content (AvgIpc) is 2.27. The van der Waals surface area contributed by atoms with E-state index in [4.69, 9.17) is 9.47 Å². The molecule has 0 aliphatic heterocycles. The van der Waals surface area contributed by atoms with Crippen LogP contribution in [0, 0.1) is 11.8 Å². The molecule has 0 fully saturated rings. The largest absolute Gasteiger partial charge is 0.501 e. The minimum Gasteiger partial charge on any atom is -0.501 e. The normalized spacial score (nSPS) is 16.7. The van der Waals surface area contributed by atoms with Crippen LogP contribution in [-0.4, -0.2) is 19.8 Å². The Morgan fingerprint density at radius 2 is 1.69 bits per heavy atom. The van der Waals surface area contributed by atoms with Gasteiger partial charge in [-0.1, -0.05) is 40.5 Å². The van der Waals surface area contributed by atoms with Crippen LogP contribution in [0.25, 0.3) is 0 Å². The number of ether oxygens (including phenoxy) is 2. The third-order valence-corrected chi connectivity index (χ3v) is 3.47. The number of hydrogen-bond donors (Lipinski definition) is 0. The van der Waals surface area contributed by atoms with Crippen LogP contribution in [0.3, 0.4) is 0 Å². The molecule has 0 saturated heterocycles. The number of hydrogen-bond acceptors (Lipinski definition) is 2. The SMILES string of the molecule is CCC(CC)C(C)(/C=C(\OC)C(C)C)OC. The molecule has 0 N–H and O–H groups in total. The number of allylic oxidation sites excluding steroid dienone is 1. The highest BCUT2D eigenvalue weighted by molar-refractivity contribution is 5.09. The van der Waals surface area contributed by atoms with Gasteiger partial charge in [0.1, 0.15) is 0 Å². The molecule has 0 rings (SSSR count).